The van der Waals surface area contributed by atoms with Gasteiger partial charge in [-0.2, -0.15) is 0 Å². The summed E-state index contributed by atoms with van der Waals surface area (Å²) in [6, 6.07) is 10.4. The van der Waals surface area contributed by atoms with Crippen LogP contribution in [0.2, 0.25) is 0 Å². The Morgan fingerprint density at radius 2 is 1.70 bits per heavy atom. The standard InChI is InChI=1S/C19H27NO2S/c1-19(2,3)22-18(21)16-12-14(13-9-7-6-8-10-13)11-15(16)17(23)20(4)5/h6-10,14-16H,11-12H2,1-5H3/t14-,15-,16+/m1/s1. The van der Waals surface area contributed by atoms with Gasteiger partial charge < -0.3 is 9.64 Å². The fraction of sp³-hybridized carbons (Fsp3) is 0.579. The van der Waals surface area contributed by atoms with Gasteiger partial charge in [0.25, 0.3) is 0 Å². The quantitative estimate of drug-likeness (QED) is 0.617. The molecule has 0 amide bonds. The highest BCUT2D eigenvalue weighted by molar-refractivity contribution is 7.80. The molecule has 1 aromatic carbocycles. The first-order valence-corrected chi connectivity index (χ1v) is 8.59. The summed E-state index contributed by atoms with van der Waals surface area (Å²) in [5.74, 6) is 0.149. The fourth-order valence-corrected chi connectivity index (χ4v) is 3.54. The van der Waals surface area contributed by atoms with Crippen LogP contribution in [0.5, 0.6) is 0 Å². The number of benzene rings is 1. The summed E-state index contributed by atoms with van der Waals surface area (Å²) in [6.07, 6.45) is 1.71. The molecule has 0 spiro atoms. The van der Waals surface area contributed by atoms with E-state index in [4.69, 9.17) is 17.0 Å². The summed E-state index contributed by atoms with van der Waals surface area (Å²) in [5.41, 5.74) is 0.816. The van der Waals surface area contributed by atoms with Gasteiger partial charge in [0.15, 0.2) is 0 Å². The Kier molecular flexibility index (Phi) is 5.45. The molecule has 1 fully saturated rings. The molecule has 23 heavy (non-hydrogen) atoms. The van der Waals surface area contributed by atoms with Crippen LogP contribution in [-0.2, 0) is 9.53 Å². The van der Waals surface area contributed by atoms with Crippen LogP contribution in [0, 0.1) is 11.8 Å². The Balaban J connectivity index is 2.22. The van der Waals surface area contributed by atoms with Crippen LogP contribution >= 0.6 is 12.2 Å². The van der Waals surface area contributed by atoms with Gasteiger partial charge >= 0.3 is 5.97 Å². The number of carbonyl (C=O) groups is 1. The van der Waals surface area contributed by atoms with Gasteiger partial charge in [-0.05, 0) is 45.1 Å². The molecule has 0 unspecified atom stereocenters. The van der Waals surface area contributed by atoms with Gasteiger partial charge in [0, 0.05) is 20.0 Å². The molecule has 4 heteroatoms. The average Bonchev–Trinajstić information content (AvgIpc) is 2.90. The van der Waals surface area contributed by atoms with E-state index >= 15 is 0 Å². The molecule has 0 heterocycles. The largest absolute Gasteiger partial charge is 0.460 e. The molecule has 1 aromatic rings. The van der Waals surface area contributed by atoms with Crippen molar-refractivity contribution in [2.24, 2.45) is 11.8 Å². The van der Waals surface area contributed by atoms with Crippen LogP contribution in [0.1, 0.15) is 45.1 Å². The minimum Gasteiger partial charge on any atom is -0.460 e. The summed E-state index contributed by atoms with van der Waals surface area (Å²) < 4.78 is 5.65. The molecule has 1 aliphatic rings. The van der Waals surface area contributed by atoms with Gasteiger partial charge in [0.1, 0.15) is 5.60 Å². The zero-order chi connectivity index (χ0) is 17.2. The van der Waals surface area contributed by atoms with Crippen molar-refractivity contribution in [2.75, 3.05) is 14.1 Å². The molecule has 0 aromatic heterocycles. The van der Waals surface area contributed by atoms with E-state index in [1.165, 1.54) is 5.56 Å². The predicted molar refractivity (Wildman–Crippen MR) is 97.5 cm³/mol. The highest BCUT2D eigenvalue weighted by atomic mass is 32.1. The van der Waals surface area contributed by atoms with Crippen LogP contribution in [0.4, 0.5) is 0 Å². The van der Waals surface area contributed by atoms with E-state index in [2.05, 4.69) is 24.3 Å². The second-order valence-corrected chi connectivity index (χ2v) is 7.98. The lowest BCUT2D eigenvalue weighted by Crippen LogP contribution is -2.36. The van der Waals surface area contributed by atoms with Crippen molar-refractivity contribution in [1.29, 1.82) is 0 Å². The zero-order valence-electron chi connectivity index (χ0n) is 14.7. The molecule has 0 bridgehead atoms. The van der Waals surface area contributed by atoms with Gasteiger partial charge in [-0.3, -0.25) is 4.79 Å². The minimum atomic E-state index is -0.466. The fourth-order valence-electron chi connectivity index (χ4n) is 3.28. The second-order valence-electron chi connectivity index (χ2n) is 7.56. The lowest BCUT2D eigenvalue weighted by Gasteiger charge is -2.27. The molecule has 0 radical (unpaired) electrons. The molecule has 0 aliphatic heterocycles. The lowest BCUT2D eigenvalue weighted by molar-refractivity contribution is -0.160. The molecular weight excluding hydrogens is 306 g/mol. The Morgan fingerprint density at radius 1 is 1.13 bits per heavy atom. The molecule has 1 aliphatic carbocycles. The van der Waals surface area contributed by atoms with Crippen LogP contribution in [0.25, 0.3) is 0 Å². The van der Waals surface area contributed by atoms with Gasteiger partial charge in [-0.15, -0.1) is 0 Å². The number of ether oxygens (including phenoxy) is 1. The summed E-state index contributed by atoms with van der Waals surface area (Å²) >= 11 is 5.60. The molecule has 0 N–H and O–H groups in total. The molecule has 0 saturated heterocycles. The molecule has 3 atom stereocenters. The van der Waals surface area contributed by atoms with Crippen molar-refractivity contribution in [1.82, 2.24) is 4.90 Å². The molecule has 126 valence electrons. The van der Waals surface area contributed by atoms with Crippen LogP contribution in [0.3, 0.4) is 0 Å². The summed E-state index contributed by atoms with van der Waals surface area (Å²) in [5, 5.41) is 0. The van der Waals surface area contributed by atoms with Gasteiger partial charge in [0.2, 0.25) is 0 Å². The number of esters is 1. The molecular formula is C19H27NO2S. The van der Waals surface area contributed by atoms with E-state index < -0.39 is 5.60 Å². The van der Waals surface area contributed by atoms with Crippen molar-refractivity contribution in [3.8, 4) is 0 Å². The van der Waals surface area contributed by atoms with E-state index in [1.807, 2.05) is 45.8 Å². The van der Waals surface area contributed by atoms with E-state index in [-0.39, 0.29) is 17.8 Å². The normalized spacial score (nSPS) is 24.3. The number of thiocarbonyl (C=S) groups is 1. The average molecular weight is 333 g/mol. The Bertz CT molecular complexity index is 562. The maximum Gasteiger partial charge on any atom is 0.310 e. The van der Waals surface area contributed by atoms with E-state index in [0.29, 0.717) is 5.92 Å². The third kappa shape index (κ3) is 4.54. The highest BCUT2D eigenvalue weighted by Gasteiger charge is 2.43. The predicted octanol–water partition coefficient (Wildman–Crippen LogP) is 4.03. The van der Waals surface area contributed by atoms with Crippen molar-refractivity contribution in [3.05, 3.63) is 35.9 Å². The third-order valence-corrected chi connectivity index (χ3v) is 4.97. The van der Waals surface area contributed by atoms with Crippen molar-refractivity contribution in [3.63, 3.8) is 0 Å². The number of rotatable bonds is 3. The van der Waals surface area contributed by atoms with Gasteiger partial charge in [0.05, 0.1) is 10.9 Å². The first kappa shape index (κ1) is 17.9. The Labute approximate surface area is 145 Å². The van der Waals surface area contributed by atoms with Crippen molar-refractivity contribution < 1.29 is 9.53 Å². The van der Waals surface area contributed by atoms with Gasteiger partial charge in [-0.1, -0.05) is 42.5 Å². The van der Waals surface area contributed by atoms with Crippen molar-refractivity contribution >= 4 is 23.2 Å². The zero-order valence-corrected chi connectivity index (χ0v) is 15.5. The topological polar surface area (TPSA) is 29.5 Å². The van der Waals surface area contributed by atoms with E-state index in [9.17, 15) is 4.79 Å². The second kappa shape index (κ2) is 7.00. The summed E-state index contributed by atoms with van der Waals surface area (Å²) in [6.45, 7) is 5.73. The smallest absolute Gasteiger partial charge is 0.310 e. The molecule has 1 saturated carbocycles. The van der Waals surface area contributed by atoms with Crippen LogP contribution < -0.4 is 0 Å². The number of nitrogens with zero attached hydrogens (tertiary/aromatic N) is 1. The third-order valence-electron chi connectivity index (χ3n) is 4.30. The Hall–Kier alpha value is -1.42. The number of hydrogen-bond donors (Lipinski definition) is 0. The molecule has 3 nitrogen and oxygen atoms in total. The van der Waals surface area contributed by atoms with Crippen molar-refractivity contribution in [2.45, 2.75) is 45.1 Å². The summed E-state index contributed by atoms with van der Waals surface area (Å²) in [7, 11) is 3.90. The van der Waals surface area contributed by atoms with Gasteiger partial charge in [-0.25, -0.2) is 0 Å². The maximum atomic E-state index is 12.7. The number of carbonyl (C=O) groups excluding carboxylic acids is 1. The van der Waals surface area contributed by atoms with E-state index in [1.54, 1.807) is 0 Å². The first-order chi connectivity index (χ1) is 10.7. The first-order valence-electron chi connectivity index (χ1n) is 8.18. The molecule has 2 rings (SSSR count). The van der Waals surface area contributed by atoms with Crippen LogP contribution in [0.15, 0.2) is 30.3 Å². The van der Waals surface area contributed by atoms with Crippen LogP contribution in [-0.4, -0.2) is 35.6 Å². The number of hydrogen-bond acceptors (Lipinski definition) is 3. The summed E-state index contributed by atoms with van der Waals surface area (Å²) in [4.78, 5) is 15.5. The highest BCUT2D eigenvalue weighted by Crippen LogP contribution is 2.44. The van der Waals surface area contributed by atoms with E-state index in [0.717, 1.165) is 17.8 Å². The lowest BCUT2D eigenvalue weighted by atomic mass is 9.95. The Morgan fingerprint density at radius 3 is 2.22 bits per heavy atom. The monoisotopic (exact) mass is 333 g/mol. The maximum absolute atomic E-state index is 12.7. The minimum absolute atomic E-state index is 0.0695. The SMILES string of the molecule is CN(C)C(=S)[C@@H]1C[C@@H](c2ccccc2)C[C@@H]1C(=O)OC(C)(C)C.